The van der Waals surface area contributed by atoms with E-state index in [0.717, 1.165) is 79.6 Å². The van der Waals surface area contributed by atoms with Crippen molar-refractivity contribution in [3.05, 3.63) is 71.8 Å². The molecule has 1 aliphatic heterocycles. The van der Waals surface area contributed by atoms with Crippen molar-refractivity contribution >= 4 is 16.6 Å². The number of allylic oxidation sites excluding steroid dienone is 2. The number of methoxy groups -OCH3 is 1. The largest absolute Gasteiger partial charge is 0.501 e. The van der Waals surface area contributed by atoms with Crippen LogP contribution in [-0.2, 0) is 17.6 Å². The molecule has 2 fully saturated rings. The lowest BCUT2D eigenvalue weighted by molar-refractivity contribution is 0.148. The Morgan fingerprint density at radius 2 is 1.89 bits per heavy atom. The molecule has 0 bridgehead atoms. The van der Waals surface area contributed by atoms with Crippen molar-refractivity contribution in [2.45, 2.75) is 57.4 Å². The first-order chi connectivity index (χ1) is 17.2. The molecule has 3 aliphatic rings. The van der Waals surface area contributed by atoms with Crippen molar-refractivity contribution in [3.8, 4) is 0 Å². The maximum atomic E-state index is 14.0. The van der Waals surface area contributed by atoms with Crippen molar-refractivity contribution in [1.82, 2.24) is 9.88 Å². The summed E-state index contributed by atoms with van der Waals surface area (Å²) in [6.45, 7) is 4.09. The lowest BCUT2D eigenvalue weighted by Gasteiger charge is -2.41. The highest BCUT2D eigenvalue weighted by molar-refractivity contribution is 5.90. The summed E-state index contributed by atoms with van der Waals surface area (Å²) in [6.07, 6.45) is 15.5. The minimum absolute atomic E-state index is 0.171. The zero-order valence-corrected chi connectivity index (χ0v) is 20.7. The summed E-state index contributed by atoms with van der Waals surface area (Å²) in [5.41, 5.74) is 3.18. The zero-order valence-electron chi connectivity index (χ0n) is 20.7. The Labute approximate surface area is 207 Å². The molecule has 0 N–H and O–H groups in total. The molecule has 6 heteroatoms. The Kier molecular flexibility index (Phi) is 7.67. The molecule has 0 radical (unpaired) electrons. The van der Waals surface area contributed by atoms with Crippen molar-refractivity contribution in [2.24, 2.45) is 0 Å². The van der Waals surface area contributed by atoms with Gasteiger partial charge >= 0.3 is 0 Å². The number of hydrogen-bond acceptors (Lipinski definition) is 5. The Balaban J connectivity index is 0.000000178. The Morgan fingerprint density at radius 1 is 1.06 bits per heavy atom. The van der Waals surface area contributed by atoms with Crippen LogP contribution in [0.25, 0.3) is 10.9 Å². The maximum absolute atomic E-state index is 14.0. The number of halogens is 1. The second-order valence-electron chi connectivity index (χ2n) is 9.77. The third-order valence-electron chi connectivity index (χ3n) is 7.62. The van der Waals surface area contributed by atoms with Crippen LogP contribution < -0.4 is 4.90 Å². The van der Waals surface area contributed by atoms with Gasteiger partial charge in [-0.3, -0.25) is 9.88 Å². The van der Waals surface area contributed by atoms with Crippen LogP contribution in [0, 0.1) is 5.82 Å². The molecule has 1 saturated carbocycles. The van der Waals surface area contributed by atoms with Gasteiger partial charge in [0.2, 0.25) is 0 Å². The van der Waals surface area contributed by atoms with Crippen LogP contribution in [0.15, 0.2) is 59.0 Å². The Bertz CT molecular complexity index is 1140. The number of aromatic nitrogens is 1. The minimum Gasteiger partial charge on any atom is -0.501 e. The summed E-state index contributed by atoms with van der Waals surface area (Å²) >= 11 is 0. The summed E-state index contributed by atoms with van der Waals surface area (Å²) < 4.78 is 24.5. The fourth-order valence-electron chi connectivity index (χ4n) is 5.67. The molecule has 5 nitrogen and oxygen atoms in total. The van der Waals surface area contributed by atoms with E-state index in [1.54, 1.807) is 31.7 Å². The molecule has 186 valence electrons. The highest BCUT2D eigenvalue weighted by Crippen LogP contribution is 2.29. The van der Waals surface area contributed by atoms with Crippen LogP contribution in [0.2, 0.25) is 0 Å². The van der Waals surface area contributed by atoms with Gasteiger partial charge in [0.15, 0.2) is 0 Å². The molecular weight excluding hydrogens is 441 g/mol. The number of fused-ring (bicyclic) bond motifs is 2. The number of furan rings is 1. The van der Waals surface area contributed by atoms with Crippen LogP contribution >= 0.6 is 0 Å². The molecule has 0 spiro atoms. The van der Waals surface area contributed by atoms with Gasteiger partial charge in [0.25, 0.3) is 0 Å². The Hall–Kier alpha value is -2.86. The van der Waals surface area contributed by atoms with Crippen molar-refractivity contribution in [1.29, 1.82) is 0 Å². The van der Waals surface area contributed by atoms with E-state index in [2.05, 4.69) is 20.9 Å². The van der Waals surface area contributed by atoms with Gasteiger partial charge in [0.1, 0.15) is 11.6 Å². The molecule has 6 rings (SSSR count). The summed E-state index contributed by atoms with van der Waals surface area (Å²) in [7, 11) is 1.71. The molecule has 35 heavy (non-hydrogen) atoms. The van der Waals surface area contributed by atoms with E-state index in [1.165, 1.54) is 37.7 Å². The van der Waals surface area contributed by atoms with Gasteiger partial charge < -0.3 is 14.1 Å². The van der Waals surface area contributed by atoms with Crippen LogP contribution in [0.1, 0.15) is 49.8 Å². The summed E-state index contributed by atoms with van der Waals surface area (Å²) in [5, 5.41) is 0.886. The van der Waals surface area contributed by atoms with Crippen LogP contribution in [0.4, 0.5) is 10.1 Å². The minimum atomic E-state index is -0.171. The molecular formula is C29H36FN3O2. The maximum Gasteiger partial charge on any atom is 0.126 e. The van der Waals surface area contributed by atoms with E-state index >= 15 is 0 Å². The summed E-state index contributed by atoms with van der Waals surface area (Å²) in [4.78, 5) is 9.43. The predicted octanol–water partition coefficient (Wildman–Crippen LogP) is 6.13. The first kappa shape index (κ1) is 23.9. The van der Waals surface area contributed by atoms with Crippen LogP contribution in [0.5, 0.6) is 0 Å². The van der Waals surface area contributed by atoms with Crippen LogP contribution in [-0.4, -0.2) is 49.2 Å². The number of aryl methyl sites for hydroxylation is 1. The second-order valence-corrected chi connectivity index (χ2v) is 9.77. The number of anilines is 1. The Morgan fingerprint density at radius 3 is 2.69 bits per heavy atom. The van der Waals surface area contributed by atoms with E-state index in [1.807, 2.05) is 18.2 Å². The monoisotopic (exact) mass is 477 g/mol. The number of benzene rings is 1. The van der Waals surface area contributed by atoms with Crippen molar-refractivity contribution < 1.29 is 13.5 Å². The predicted molar refractivity (Wildman–Crippen MR) is 138 cm³/mol. The first-order valence-electron chi connectivity index (χ1n) is 13.0. The van der Waals surface area contributed by atoms with E-state index in [4.69, 9.17) is 9.15 Å². The fourth-order valence-corrected chi connectivity index (χ4v) is 5.67. The van der Waals surface area contributed by atoms with Gasteiger partial charge in [-0.15, -0.1) is 0 Å². The first-order valence-corrected chi connectivity index (χ1v) is 13.0. The molecule has 3 heterocycles. The normalized spacial score (nSPS) is 19.4. The molecule has 1 aromatic carbocycles. The number of hydrogen-bond donors (Lipinski definition) is 0. The van der Waals surface area contributed by atoms with Gasteiger partial charge in [-0.25, -0.2) is 4.39 Å². The SMILES string of the molecule is COC1=CCCc2ccoc2C1.Fc1cc(N2CCN(C3CCCCC3)CC2)c2ncccc2c1. The van der Waals surface area contributed by atoms with Gasteiger partial charge in [-0.2, -0.15) is 0 Å². The van der Waals surface area contributed by atoms with Gasteiger partial charge in [-0.1, -0.05) is 25.3 Å². The van der Waals surface area contributed by atoms with Crippen LogP contribution in [0.3, 0.4) is 0 Å². The van der Waals surface area contributed by atoms with E-state index < -0.39 is 0 Å². The molecule has 0 unspecified atom stereocenters. The molecule has 3 aromatic rings. The number of ether oxygens (including phenoxy) is 1. The summed E-state index contributed by atoms with van der Waals surface area (Å²) in [6, 6.07) is 9.84. The third-order valence-corrected chi connectivity index (χ3v) is 7.62. The van der Waals surface area contributed by atoms with E-state index in [0.29, 0.717) is 0 Å². The molecule has 1 saturated heterocycles. The lowest BCUT2D eigenvalue weighted by Crippen LogP contribution is -2.51. The molecule has 2 aromatic heterocycles. The lowest BCUT2D eigenvalue weighted by atomic mass is 9.94. The van der Waals surface area contributed by atoms with E-state index in [-0.39, 0.29) is 5.82 Å². The van der Waals surface area contributed by atoms with E-state index in [9.17, 15) is 4.39 Å². The fraction of sp³-hybridized carbons (Fsp3) is 0.483. The number of piperazine rings is 1. The average molecular weight is 478 g/mol. The number of nitrogens with zero attached hydrogens (tertiary/aromatic N) is 3. The summed E-state index contributed by atoms with van der Waals surface area (Å²) in [5.74, 6) is 1.90. The van der Waals surface area contributed by atoms with Gasteiger partial charge in [0, 0.05) is 43.8 Å². The molecule has 0 atom stereocenters. The average Bonchev–Trinajstić information content (AvgIpc) is 3.25. The van der Waals surface area contributed by atoms with Crippen molar-refractivity contribution in [2.75, 3.05) is 38.2 Å². The van der Waals surface area contributed by atoms with Crippen molar-refractivity contribution in [3.63, 3.8) is 0 Å². The smallest absolute Gasteiger partial charge is 0.126 e. The zero-order chi connectivity index (χ0) is 24.0. The number of pyridine rings is 1. The third kappa shape index (κ3) is 5.69. The highest BCUT2D eigenvalue weighted by atomic mass is 19.1. The quantitative estimate of drug-likeness (QED) is 0.454. The second kappa shape index (κ2) is 11.3. The molecule has 0 amide bonds. The number of rotatable bonds is 3. The standard InChI is InChI=1S/C19H24FN3.C10H12O2/c20-16-13-15-5-4-8-21-19(15)18(14-16)23-11-9-22(10-12-23)17-6-2-1-3-7-17;1-11-9-4-2-3-8-5-6-12-10(8)7-9/h4-5,8,13-14,17H,1-3,6-7,9-12H2;4-6H,2-3,7H2,1H3. The molecule has 2 aliphatic carbocycles. The topological polar surface area (TPSA) is 41.7 Å². The van der Waals surface area contributed by atoms with Gasteiger partial charge in [0.05, 0.1) is 36.8 Å². The van der Waals surface area contributed by atoms with Gasteiger partial charge in [-0.05, 0) is 61.6 Å². The highest BCUT2D eigenvalue weighted by Gasteiger charge is 2.26.